The molecule has 0 aliphatic heterocycles. The molecule has 19 heavy (non-hydrogen) atoms. The average molecular weight is 368 g/mol. The molecule has 2 rings (SSSR count). The van der Waals surface area contributed by atoms with Crippen LogP contribution in [0.5, 0.6) is 0 Å². The number of nitrogens with one attached hydrogen (secondary N) is 2. The van der Waals surface area contributed by atoms with Crippen molar-refractivity contribution in [1.82, 2.24) is 14.5 Å². The van der Waals surface area contributed by atoms with Gasteiger partial charge in [-0.2, -0.15) is 8.42 Å². The predicted octanol–water partition coefficient (Wildman–Crippen LogP) is 1.33. The monoisotopic (exact) mass is 366 g/mol. The lowest BCUT2D eigenvalue weighted by Gasteiger charge is -2.05. The number of rotatable bonds is 3. The SMILES string of the molecule is Cn1cnc(S(=O)(=O)Nc2c[nH]cc(Br)c2=O)c1Cl. The molecule has 7 nitrogen and oxygen atoms in total. The average Bonchev–Trinajstić information content (AvgIpc) is 2.66. The maximum absolute atomic E-state index is 12.1. The summed E-state index contributed by atoms with van der Waals surface area (Å²) in [4.78, 5) is 18.0. The number of aryl methyl sites for hydroxylation is 1. The van der Waals surface area contributed by atoms with Gasteiger partial charge in [-0.05, 0) is 15.9 Å². The fourth-order valence-corrected chi connectivity index (χ4v) is 3.13. The van der Waals surface area contributed by atoms with Gasteiger partial charge in [0.05, 0.1) is 10.8 Å². The number of H-pyrrole nitrogens is 1. The van der Waals surface area contributed by atoms with E-state index in [9.17, 15) is 13.2 Å². The molecule has 0 spiro atoms. The first-order valence-corrected chi connectivity index (χ1v) is 7.54. The van der Waals surface area contributed by atoms with Crippen LogP contribution in [-0.2, 0) is 17.1 Å². The minimum Gasteiger partial charge on any atom is -0.365 e. The van der Waals surface area contributed by atoms with E-state index in [2.05, 4.69) is 30.6 Å². The van der Waals surface area contributed by atoms with E-state index < -0.39 is 15.5 Å². The zero-order valence-electron chi connectivity index (χ0n) is 9.52. The van der Waals surface area contributed by atoms with Crippen LogP contribution in [0, 0.1) is 0 Å². The van der Waals surface area contributed by atoms with Gasteiger partial charge in [-0.1, -0.05) is 11.6 Å². The summed E-state index contributed by atoms with van der Waals surface area (Å²) in [7, 11) is -2.46. The van der Waals surface area contributed by atoms with Crippen molar-refractivity contribution in [1.29, 1.82) is 0 Å². The second-order valence-corrected chi connectivity index (χ2v) is 6.41. The van der Waals surface area contributed by atoms with E-state index in [1.165, 1.54) is 23.3 Å². The number of sulfonamides is 1. The van der Waals surface area contributed by atoms with Crippen LogP contribution in [0.3, 0.4) is 0 Å². The largest absolute Gasteiger partial charge is 0.365 e. The summed E-state index contributed by atoms with van der Waals surface area (Å²) in [6.07, 6.45) is 3.90. The highest BCUT2D eigenvalue weighted by atomic mass is 79.9. The van der Waals surface area contributed by atoms with Crippen molar-refractivity contribution in [3.63, 3.8) is 0 Å². The lowest BCUT2D eigenvalue weighted by molar-refractivity contribution is 0.598. The molecule has 102 valence electrons. The Hall–Kier alpha value is -1.32. The zero-order chi connectivity index (χ0) is 14.2. The highest BCUT2D eigenvalue weighted by Gasteiger charge is 2.23. The van der Waals surface area contributed by atoms with Gasteiger partial charge < -0.3 is 9.55 Å². The first kappa shape index (κ1) is 14.1. The van der Waals surface area contributed by atoms with Crippen LogP contribution >= 0.6 is 27.5 Å². The van der Waals surface area contributed by atoms with E-state index in [0.717, 1.165) is 0 Å². The van der Waals surface area contributed by atoms with Crippen LogP contribution in [-0.4, -0.2) is 23.0 Å². The van der Waals surface area contributed by atoms with Crippen molar-refractivity contribution in [2.45, 2.75) is 5.03 Å². The third-order valence-electron chi connectivity index (χ3n) is 2.23. The number of aromatic nitrogens is 3. The molecule has 0 unspecified atom stereocenters. The van der Waals surface area contributed by atoms with Gasteiger partial charge in [-0.3, -0.25) is 9.52 Å². The Morgan fingerprint density at radius 1 is 1.47 bits per heavy atom. The molecule has 2 heterocycles. The Balaban J connectivity index is 2.45. The molecule has 0 atom stereocenters. The van der Waals surface area contributed by atoms with Crippen LogP contribution in [0.1, 0.15) is 0 Å². The van der Waals surface area contributed by atoms with Gasteiger partial charge in [0.25, 0.3) is 10.0 Å². The third-order valence-corrected chi connectivity index (χ3v) is 4.68. The molecule has 0 aliphatic rings. The van der Waals surface area contributed by atoms with Gasteiger partial charge in [0, 0.05) is 19.4 Å². The Bertz CT molecular complexity index is 783. The van der Waals surface area contributed by atoms with E-state index in [-0.39, 0.29) is 20.3 Å². The Morgan fingerprint density at radius 3 is 2.74 bits per heavy atom. The molecule has 0 fully saturated rings. The van der Waals surface area contributed by atoms with Crippen LogP contribution in [0.25, 0.3) is 0 Å². The van der Waals surface area contributed by atoms with Crippen molar-refractivity contribution in [3.05, 3.63) is 38.6 Å². The second-order valence-electron chi connectivity index (χ2n) is 3.60. The summed E-state index contributed by atoms with van der Waals surface area (Å²) in [6, 6.07) is 0. The Morgan fingerprint density at radius 2 is 2.16 bits per heavy atom. The molecule has 0 aliphatic carbocycles. The smallest absolute Gasteiger partial charge is 0.282 e. The molecule has 0 radical (unpaired) electrons. The van der Waals surface area contributed by atoms with Gasteiger partial charge in [-0.15, -0.1) is 0 Å². The van der Waals surface area contributed by atoms with Gasteiger partial charge in [-0.25, -0.2) is 4.98 Å². The van der Waals surface area contributed by atoms with Crippen molar-refractivity contribution in [2.24, 2.45) is 7.05 Å². The van der Waals surface area contributed by atoms with Crippen molar-refractivity contribution in [2.75, 3.05) is 4.72 Å². The molecule has 2 aromatic heterocycles. The summed E-state index contributed by atoms with van der Waals surface area (Å²) in [6.45, 7) is 0. The van der Waals surface area contributed by atoms with Crippen LogP contribution in [0.15, 0.2) is 33.0 Å². The minimum absolute atomic E-state index is 0.0427. The molecule has 0 saturated carbocycles. The Kier molecular flexibility index (Phi) is 3.70. The summed E-state index contributed by atoms with van der Waals surface area (Å²) >= 11 is 8.82. The molecule has 2 aromatic rings. The number of aromatic amines is 1. The summed E-state index contributed by atoms with van der Waals surface area (Å²) in [5.41, 5.74) is -0.620. The van der Waals surface area contributed by atoms with E-state index in [4.69, 9.17) is 11.6 Å². The van der Waals surface area contributed by atoms with Crippen LogP contribution < -0.4 is 10.2 Å². The number of halogens is 2. The summed E-state index contributed by atoms with van der Waals surface area (Å²) < 4.78 is 27.8. The number of anilines is 1. The van der Waals surface area contributed by atoms with Gasteiger partial charge in [0.15, 0.2) is 0 Å². The summed E-state index contributed by atoms with van der Waals surface area (Å²) in [5.74, 6) is 0. The lowest BCUT2D eigenvalue weighted by Crippen LogP contribution is -2.20. The van der Waals surface area contributed by atoms with E-state index in [0.29, 0.717) is 0 Å². The molecule has 10 heteroatoms. The van der Waals surface area contributed by atoms with Gasteiger partial charge in [0.1, 0.15) is 10.8 Å². The van der Waals surface area contributed by atoms with Gasteiger partial charge >= 0.3 is 0 Å². The third kappa shape index (κ3) is 2.67. The van der Waals surface area contributed by atoms with Crippen LogP contribution in [0.2, 0.25) is 5.15 Å². The number of hydrogen-bond donors (Lipinski definition) is 2. The minimum atomic E-state index is -4.02. The number of nitrogens with zero attached hydrogens (tertiary/aromatic N) is 2. The van der Waals surface area contributed by atoms with Gasteiger partial charge in [0.2, 0.25) is 10.5 Å². The molecular weight excluding hydrogens is 360 g/mol. The summed E-state index contributed by atoms with van der Waals surface area (Å²) in [5, 5.41) is -0.380. The lowest BCUT2D eigenvalue weighted by atomic mass is 10.4. The van der Waals surface area contributed by atoms with E-state index in [1.807, 2.05) is 0 Å². The predicted molar refractivity (Wildman–Crippen MR) is 73.8 cm³/mol. The van der Waals surface area contributed by atoms with E-state index in [1.54, 1.807) is 7.05 Å². The maximum atomic E-state index is 12.1. The Labute approximate surface area is 121 Å². The molecule has 0 bridgehead atoms. The number of pyridine rings is 1. The fraction of sp³-hybridized carbons (Fsp3) is 0.111. The van der Waals surface area contributed by atoms with Crippen molar-refractivity contribution < 1.29 is 8.42 Å². The quantitative estimate of drug-likeness (QED) is 0.855. The number of imidazole rings is 1. The second kappa shape index (κ2) is 4.99. The maximum Gasteiger partial charge on any atom is 0.282 e. The molecule has 2 N–H and O–H groups in total. The fourth-order valence-electron chi connectivity index (χ4n) is 1.30. The topological polar surface area (TPSA) is 96.8 Å². The zero-order valence-corrected chi connectivity index (χ0v) is 12.7. The van der Waals surface area contributed by atoms with Crippen LogP contribution in [0.4, 0.5) is 5.69 Å². The molecule has 0 aromatic carbocycles. The first-order valence-electron chi connectivity index (χ1n) is 4.89. The molecule has 0 amide bonds. The number of hydrogen-bond acceptors (Lipinski definition) is 4. The normalized spacial score (nSPS) is 11.5. The van der Waals surface area contributed by atoms with Crippen molar-refractivity contribution in [3.8, 4) is 0 Å². The highest BCUT2D eigenvalue weighted by Crippen LogP contribution is 2.20. The van der Waals surface area contributed by atoms with E-state index >= 15 is 0 Å². The molecule has 0 saturated heterocycles. The first-order chi connectivity index (χ1) is 8.83. The highest BCUT2D eigenvalue weighted by molar-refractivity contribution is 9.10. The van der Waals surface area contributed by atoms with Crippen molar-refractivity contribution >= 4 is 43.2 Å². The molecular formula is C9H8BrClN4O3S. The standard InChI is InChI=1S/C9H8BrClN4O3S/c1-15-4-13-9(8(15)11)19(17,18)14-6-3-12-2-5(10)7(6)16/h2-4,14H,1H3,(H,12,16).